The SMILES string of the molecule is CCC(N)CN1CCCC(C(F)(F)F)C1. The minimum atomic E-state index is -4.05. The van der Waals surface area contributed by atoms with Crippen LogP contribution in [-0.2, 0) is 0 Å². The molecule has 1 heterocycles. The molecule has 5 heteroatoms. The molecular weight excluding hydrogens is 205 g/mol. The second-order valence-electron chi connectivity index (χ2n) is 4.31. The zero-order valence-corrected chi connectivity index (χ0v) is 9.06. The molecule has 0 aromatic carbocycles. The fourth-order valence-corrected chi connectivity index (χ4v) is 1.95. The van der Waals surface area contributed by atoms with Crippen molar-refractivity contribution in [2.75, 3.05) is 19.6 Å². The van der Waals surface area contributed by atoms with Crippen LogP contribution in [-0.4, -0.2) is 36.8 Å². The summed E-state index contributed by atoms with van der Waals surface area (Å²) in [6, 6.07) is -0.00279. The molecule has 90 valence electrons. The standard InChI is InChI=1S/C10H19F3N2/c1-2-9(14)7-15-5-3-4-8(6-15)10(11,12)13/h8-9H,2-7,14H2,1H3. The van der Waals surface area contributed by atoms with Crippen molar-refractivity contribution in [2.24, 2.45) is 11.7 Å². The van der Waals surface area contributed by atoms with Gasteiger partial charge in [-0.05, 0) is 25.8 Å². The molecule has 2 N–H and O–H groups in total. The number of nitrogens with zero attached hydrogens (tertiary/aromatic N) is 1. The van der Waals surface area contributed by atoms with E-state index in [-0.39, 0.29) is 19.0 Å². The molecule has 2 unspecified atom stereocenters. The number of hydrogen-bond donors (Lipinski definition) is 1. The lowest BCUT2D eigenvalue weighted by Crippen LogP contribution is -2.46. The predicted octanol–water partition coefficient (Wildman–Crippen LogP) is 2.00. The van der Waals surface area contributed by atoms with Gasteiger partial charge in [0, 0.05) is 19.1 Å². The van der Waals surface area contributed by atoms with E-state index >= 15 is 0 Å². The van der Waals surface area contributed by atoms with Gasteiger partial charge in [-0.2, -0.15) is 13.2 Å². The summed E-state index contributed by atoms with van der Waals surface area (Å²) in [5.74, 6) is -1.16. The van der Waals surface area contributed by atoms with Crippen LogP contribution in [0.1, 0.15) is 26.2 Å². The largest absolute Gasteiger partial charge is 0.393 e. The molecule has 0 bridgehead atoms. The van der Waals surface area contributed by atoms with Crippen LogP contribution >= 0.6 is 0 Å². The van der Waals surface area contributed by atoms with E-state index < -0.39 is 12.1 Å². The smallest absolute Gasteiger partial charge is 0.327 e. The zero-order chi connectivity index (χ0) is 11.5. The van der Waals surface area contributed by atoms with E-state index in [0.717, 1.165) is 13.0 Å². The van der Waals surface area contributed by atoms with Gasteiger partial charge in [0.25, 0.3) is 0 Å². The first-order chi connectivity index (χ1) is 6.93. The summed E-state index contributed by atoms with van der Waals surface area (Å²) in [4.78, 5) is 1.84. The highest BCUT2D eigenvalue weighted by Gasteiger charge is 2.41. The lowest BCUT2D eigenvalue weighted by molar-refractivity contribution is -0.186. The molecule has 1 aliphatic rings. The molecule has 0 saturated carbocycles. The summed E-state index contributed by atoms with van der Waals surface area (Å²) in [6.07, 6.45) is -2.34. The molecule has 0 radical (unpaired) electrons. The summed E-state index contributed by atoms with van der Waals surface area (Å²) >= 11 is 0. The van der Waals surface area contributed by atoms with Crippen molar-refractivity contribution in [3.05, 3.63) is 0 Å². The molecular formula is C10H19F3N2. The number of alkyl halides is 3. The van der Waals surface area contributed by atoms with E-state index in [9.17, 15) is 13.2 Å². The van der Waals surface area contributed by atoms with Crippen molar-refractivity contribution in [3.63, 3.8) is 0 Å². The van der Waals surface area contributed by atoms with Gasteiger partial charge < -0.3 is 10.6 Å². The number of halogens is 3. The van der Waals surface area contributed by atoms with Gasteiger partial charge in [0.05, 0.1) is 5.92 Å². The molecule has 2 atom stereocenters. The highest BCUT2D eigenvalue weighted by atomic mass is 19.4. The van der Waals surface area contributed by atoms with E-state index in [1.54, 1.807) is 0 Å². The lowest BCUT2D eigenvalue weighted by atomic mass is 9.97. The Balaban J connectivity index is 2.42. The van der Waals surface area contributed by atoms with Crippen LogP contribution < -0.4 is 5.73 Å². The number of rotatable bonds is 3. The number of nitrogens with two attached hydrogens (primary N) is 1. The third-order valence-electron chi connectivity index (χ3n) is 2.99. The van der Waals surface area contributed by atoms with Crippen LogP contribution in [0.3, 0.4) is 0 Å². The fraction of sp³-hybridized carbons (Fsp3) is 1.00. The number of likely N-dealkylation sites (tertiary alicyclic amines) is 1. The molecule has 2 nitrogen and oxygen atoms in total. The van der Waals surface area contributed by atoms with Crippen molar-refractivity contribution < 1.29 is 13.2 Å². The van der Waals surface area contributed by atoms with Gasteiger partial charge in [0.15, 0.2) is 0 Å². The third-order valence-corrected chi connectivity index (χ3v) is 2.99. The maximum atomic E-state index is 12.5. The van der Waals surface area contributed by atoms with Gasteiger partial charge in [-0.3, -0.25) is 0 Å². The van der Waals surface area contributed by atoms with E-state index in [0.29, 0.717) is 13.0 Å². The molecule has 15 heavy (non-hydrogen) atoms. The first-order valence-electron chi connectivity index (χ1n) is 5.48. The van der Waals surface area contributed by atoms with Crippen LogP contribution in [0.15, 0.2) is 0 Å². The zero-order valence-electron chi connectivity index (χ0n) is 9.06. The molecule has 1 saturated heterocycles. The molecule has 0 amide bonds. The summed E-state index contributed by atoms with van der Waals surface area (Å²) in [7, 11) is 0. The average Bonchev–Trinajstić information content (AvgIpc) is 2.17. The lowest BCUT2D eigenvalue weighted by Gasteiger charge is -2.34. The topological polar surface area (TPSA) is 29.3 Å². The molecule has 1 aliphatic heterocycles. The Kier molecular flexibility index (Phi) is 4.40. The summed E-state index contributed by atoms with van der Waals surface area (Å²) < 4.78 is 37.4. The van der Waals surface area contributed by atoms with Crippen molar-refractivity contribution >= 4 is 0 Å². The third kappa shape index (κ3) is 3.99. The first kappa shape index (κ1) is 12.8. The maximum absolute atomic E-state index is 12.5. The van der Waals surface area contributed by atoms with Gasteiger partial charge >= 0.3 is 6.18 Å². The van der Waals surface area contributed by atoms with Crippen LogP contribution in [0, 0.1) is 5.92 Å². The fourth-order valence-electron chi connectivity index (χ4n) is 1.95. The van der Waals surface area contributed by atoms with Gasteiger partial charge in [0.1, 0.15) is 0 Å². The van der Waals surface area contributed by atoms with Crippen molar-refractivity contribution in [3.8, 4) is 0 Å². The highest BCUT2D eigenvalue weighted by molar-refractivity contribution is 4.79. The summed E-state index contributed by atoms with van der Waals surface area (Å²) in [5, 5.41) is 0. The van der Waals surface area contributed by atoms with E-state index in [4.69, 9.17) is 5.73 Å². The Morgan fingerprint density at radius 1 is 1.47 bits per heavy atom. The van der Waals surface area contributed by atoms with Crippen LogP contribution in [0.4, 0.5) is 13.2 Å². The van der Waals surface area contributed by atoms with Gasteiger partial charge in [-0.15, -0.1) is 0 Å². The van der Waals surface area contributed by atoms with Gasteiger partial charge in [0.2, 0.25) is 0 Å². The Hall–Kier alpha value is -0.290. The minimum absolute atomic E-state index is 0.00279. The highest BCUT2D eigenvalue weighted by Crippen LogP contribution is 2.32. The predicted molar refractivity (Wildman–Crippen MR) is 53.5 cm³/mol. The quantitative estimate of drug-likeness (QED) is 0.794. The van der Waals surface area contributed by atoms with Crippen molar-refractivity contribution in [1.29, 1.82) is 0 Å². The Bertz CT molecular complexity index is 194. The Morgan fingerprint density at radius 2 is 2.13 bits per heavy atom. The molecule has 1 rings (SSSR count). The van der Waals surface area contributed by atoms with Gasteiger partial charge in [-0.1, -0.05) is 6.92 Å². The van der Waals surface area contributed by atoms with Crippen LogP contribution in [0.5, 0.6) is 0 Å². The van der Waals surface area contributed by atoms with E-state index in [1.807, 2.05) is 11.8 Å². The molecule has 0 spiro atoms. The second-order valence-corrected chi connectivity index (χ2v) is 4.31. The Morgan fingerprint density at radius 3 is 2.67 bits per heavy atom. The normalized spacial score (nSPS) is 26.6. The molecule has 0 aromatic heterocycles. The molecule has 0 aliphatic carbocycles. The first-order valence-corrected chi connectivity index (χ1v) is 5.48. The van der Waals surface area contributed by atoms with E-state index in [1.165, 1.54) is 0 Å². The second kappa shape index (κ2) is 5.16. The molecule has 1 fully saturated rings. The van der Waals surface area contributed by atoms with E-state index in [2.05, 4.69) is 0 Å². The monoisotopic (exact) mass is 224 g/mol. The minimum Gasteiger partial charge on any atom is -0.327 e. The maximum Gasteiger partial charge on any atom is 0.393 e. The van der Waals surface area contributed by atoms with Crippen LogP contribution in [0.2, 0.25) is 0 Å². The number of hydrogen-bond acceptors (Lipinski definition) is 2. The number of piperidine rings is 1. The summed E-state index contributed by atoms with van der Waals surface area (Å²) in [6.45, 7) is 3.41. The molecule has 0 aromatic rings. The van der Waals surface area contributed by atoms with Gasteiger partial charge in [-0.25, -0.2) is 0 Å². The Labute approximate surface area is 88.6 Å². The van der Waals surface area contributed by atoms with Crippen molar-refractivity contribution in [1.82, 2.24) is 4.90 Å². The van der Waals surface area contributed by atoms with Crippen molar-refractivity contribution in [2.45, 2.75) is 38.4 Å². The average molecular weight is 224 g/mol. The summed E-state index contributed by atoms with van der Waals surface area (Å²) in [5.41, 5.74) is 5.74. The van der Waals surface area contributed by atoms with Crippen LogP contribution in [0.25, 0.3) is 0 Å².